The highest BCUT2D eigenvalue weighted by Crippen LogP contribution is 2.10. The molecule has 0 unspecified atom stereocenters. The molecule has 2 N–H and O–H groups in total. The van der Waals surface area contributed by atoms with Crippen LogP contribution >= 0.6 is 0 Å². The van der Waals surface area contributed by atoms with E-state index in [2.05, 4.69) is 20.8 Å². The average molecular weight is 373 g/mol. The van der Waals surface area contributed by atoms with Crippen LogP contribution in [0.1, 0.15) is 43.9 Å². The lowest BCUT2D eigenvalue weighted by Gasteiger charge is -2.21. The van der Waals surface area contributed by atoms with Crippen LogP contribution < -0.4 is 10.6 Å². The zero-order valence-electron chi connectivity index (χ0n) is 15.9. The lowest BCUT2D eigenvalue weighted by atomic mass is 10.1. The van der Waals surface area contributed by atoms with E-state index >= 15 is 0 Å². The van der Waals surface area contributed by atoms with Crippen LogP contribution in [0.5, 0.6) is 0 Å². The van der Waals surface area contributed by atoms with Crippen molar-refractivity contribution in [2.45, 2.75) is 46.3 Å². The first kappa shape index (κ1) is 20.1. The third-order valence-corrected chi connectivity index (χ3v) is 3.34. The van der Waals surface area contributed by atoms with Gasteiger partial charge >= 0.3 is 12.0 Å². The molecule has 0 fully saturated rings. The number of hydrogen-bond acceptors (Lipinski definition) is 6. The minimum Gasteiger partial charge on any atom is -0.448 e. The van der Waals surface area contributed by atoms with E-state index in [1.165, 1.54) is 11.7 Å². The molecule has 1 atom stereocenters. The molecule has 3 amide bonds. The molecule has 1 heterocycles. The van der Waals surface area contributed by atoms with E-state index in [1.807, 2.05) is 18.2 Å². The molecule has 9 nitrogen and oxygen atoms in total. The number of hydrogen-bond donors (Lipinski definition) is 2. The fraction of sp³-hybridized carbons (Fsp3) is 0.389. The Labute approximate surface area is 157 Å². The number of rotatable bonds is 4. The van der Waals surface area contributed by atoms with Crippen LogP contribution in [-0.2, 0) is 9.53 Å². The van der Waals surface area contributed by atoms with Crippen molar-refractivity contribution in [3.8, 4) is 5.69 Å². The fourth-order valence-corrected chi connectivity index (χ4v) is 2.10. The SMILES string of the molecule is Cc1nn(-c2ccccc2)nc1C(=O)O[C@H](C)C(=O)NC(=O)NC(C)(C)C. The van der Waals surface area contributed by atoms with Gasteiger partial charge in [0.2, 0.25) is 0 Å². The second-order valence-corrected chi connectivity index (χ2v) is 7.00. The van der Waals surface area contributed by atoms with Crippen molar-refractivity contribution in [1.29, 1.82) is 0 Å². The molecule has 0 bridgehead atoms. The molecule has 0 spiro atoms. The zero-order valence-corrected chi connectivity index (χ0v) is 15.9. The summed E-state index contributed by atoms with van der Waals surface area (Å²) < 4.78 is 5.11. The molecule has 0 aliphatic heterocycles. The number of carbonyl (C=O) groups excluding carboxylic acids is 3. The van der Waals surface area contributed by atoms with Crippen LogP contribution in [0.15, 0.2) is 30.3 Å². The Morgan fingerprint density at radius 3 is 2.33 bits per heavy atom. The highest BCUT2D eigenvalue weighted by atomic mass is 16.5. The molecule has 144 valence electrons. The van der Waals surface area contributed by atoms with Gasteiger partial charge in [-0.3, -0.25) is 10.1 Å². The third kappa shape index (κ3) is 5.63. The summed E-state index contributed by atoms with van der Waals surface area (Å²) in [6.45, 7) is 8.32. The van der Waals surface area contributed by atoms with Crippen molar-refractivity contribution in [2.24, 2.45) is 0 Å². The van der Waals surface area contributed by atoms with Crippen LogP contribution in [0.2, 0.25) is 0 Å². The van der Waals surface area contributed by atoms with Crippen molar-refractivity contribution >= 4 is 17.9 Å². The van der Waals surface area contributed by atoms with Gasteiger partial charge in [0.1, 0.15) is 0 Å². The maximum Gasteiger partial charge on any atom is 0.361 e. The van der Waals surface area contributed by atoms with Gasteiger partial charge in [0.15, 0.2) is 11.8 Å². The lowest BCUT2D eigenvalue weighted by molar-refractivity contribution is -0.127. The number of nitrogens with one attached hydrogen (secondary N) is 2. The number of benzene rings is 1. The second-order valence-electron chi connectivity index (χ2n) is 7.00. The summed E-state index contributed by atoms with van der Waals surface area (Å²) in [7, 11) is 0. The maximum atomic E-state index is 12.3. The van der Waals surface area contributed by atoms with Gasteiger partial charge in [0, 0.05) is 5.54 Å². The van der Waals surface area contributed by atoms with E-state index in [0.717, 1.165) is 0 Å². The number of aromatic nitrogens is 3. The second kappa shape index (κ2) is 7.98. The number of para-hydroxylation sites is 1. The molecule has 0 saturated carbocycles. The van der Waals surface area contributed by atoms with Gasteiger partial charge in [-0.05, 0) is 46.8 Å². The molecule has 0 saturated heterocycles. The molecule has 9 heteroatoms. The summed E-state index contributed by atoms with van der Waals surface area (Å²) in [5.41, 5.74) is 0.543. The molecular weight excluding hydrogens is 350 g/mol. The molecule has 27 heavy (non-hydrogen) atoms. The van der Waals surface area contributed by atoms with Crippen molar-refractivity contribution in [3.63, 3.8) is 0 Å². The Hall–Kier alpha value is -3.23. The monoisotopic (exact) mass is 373 g/mol. The third-order valence-electron chi connectivity index (χ3n) is 3.34. The van der Waals surface area contributed by atoms with Gasteiger partial charge in [-0.25, -0.2) is 9.59 Å². The minimum atomic E-state index is -1.18. The summed E-state index contributed by atoms with van der Waals surface area (Å²) in [5.74, 6) is -1.54. The lowest BCUT2D eigenvalue weighted by Crippen LogP contribution is -2.50. The highest BCUT2D eigenvalue weighted by molar-refractivity contribution is 5.98. The van der Waals surface area contributed by atoms with E-state index in [9.17, 15) is 14.4 Å². The van der Waals surface area contributed by atoms with E-state index in [4.69, 9.17) is 4.74 Å². The van der Waals surface area contributed by atoms with E-state index in [1.54, 1.807) is 39.8 Å². The predicted octanol–water partition coefficient (Wildman–Crippen LogP) is 1.75. The van der Waals surface area contributed by atoms with E-state index in [-0.39, 0.29) is 5.69 Å². The summed E-state index contributed by atoms with van der Waals surface area (Å²) in [6.07, 6.45) is -1.18. The molecule has 0 radical (unpaired) electrons. The quantitative estimate of drug-likeness (QED) is 0.789. The average Bonchev–Trinajstić information content (AvgIpc) is 2.95. The summed E-state index contributed by atoms with van der Waals surface area (Å²) in [4.78, 5) is 37.4. The summed E-state index contributed by atoms with van der Waals surface area (Å²) >= 11 is 0. The molecule has 2 rings (SSSR count). The van der Waals surface area contributed by atoms with Crippen molar-refractivity contribution in [1.82, 2.24) is 25.6 Å². The number of nitrogens with zero attached hydrogens (tertiary/aromatic N) is 3. The zero-order chi connectivity index (χ0) is 20.2. The topological polar surface area (TPSA) is 115 Å². The highest BCUT2D eigenvalue weighted by Gasteiger charge is 2.25. The maximum absolute atomic E-state index is 12.3. The van der Waals surface area contributed by atoms with Gasteiger partial charge in [-0.1, -0.05) is 18.2 Å². The fourth-order valence-electron chi connectivity index (χ4n) is 2.10. The number of urea groups is 1. The number of aryl methyl sites for hydroxylation is 1. The Bertz CT molecular complexity index is 839. The summed E-state index contributed by atoms with van der Waals surface area (Å²) in [6, 6.07) is 8.41. The molecular formula is C18H23N5O4. The Balaban J connectivity index is 2.01. The predicted molar refractivity (Wildman–Crippen MR) is 97.4 cm³/mol. The van der Waals surface area contributed by atoms with Gasteiger partial charge in [-0.2, -0.15) is 9.90 Å². The minimum absolute atomic E-state index is 0.00218. The Kier molecular flexibility index (Phi) is 5.94. The van der Waals surface area contributed by atoms with Crippen molar-refractivity contribution in [2.75, 3.05) is 0 Å². The van der Waals surface area contributed by atoms with Crippen molar-refractivity contribution < 1.29 is 19.1 Å². The van der Waals surface area contributed by atoms with Gasteiger partial charge < -0.3 is 10.1 Å². The number of imide groups is 1. The smallest absolute Gasteiger partial charge is 0.361 e. The Morgan fingerprint density at radius 2 is 1.74 bits per heavy atom. The number of ether oxygens (including phenoxy) is 1. The van der Waals surface area contributed by atoms with Crippen LogP contribution in [0.3, 0.4) is 0 Å². The van der Waals surface area contributed by atoms with E-state index < -0.39 is 29.6 Å². The van der Waals surface area contributed by atoms with Crippen molar-refractivity contribution in [3.05, 3.63) is 41.7 Å². The number of amides is 3. The van der Waals surface area contributed by atoms with Crippen LogP contribution in [0, 0.1) is 6.92 Å². The van der Waals surface area contributed by atoms with E-state index in [0.29, 0.717) is 11.4 Å². The first-order chi connectivity index (χ1) is 12.6. The molecule has 1 aromatic carbocycles. The first-order valence-electron chi connectivity index (χ1n) is 8.40. The molecule has 0 aliphatic rings. The molecule has 0 aliphatic carbocycles. The Morgan fingerprint density at radius 1 is 1.11 bits per heavy atom. The summed E-state index contributed by atoms with van der Waals surface area (Å²) in [5, 5.41) is 13.0. The first-order valence-corrected chi connectivity index (χ1v) is 8.40. The van der Waals surface area contributed by atoms with Gasteiger partial charge in [0.25, 0.3) is 5.91 Å². The van der Waals surface area contributed by atoms with Crippen LogP contribution in [0.25, 0.3) is 5.69 Å². The van der Waals surface area contributed by atoms with Crippen LogP contribution in [0.4, 0.5) is 4.79 Å². The molecule has 1 aromatic heterocycles. The normalized spacial score (nSPS) is 12.2. The van der Waals surface area contributed by atoms with Crippen LogP contribution in [-0.4, -0.2) is 44.5 Å². The van der Waals surface area contributed by atoms with Gasteiger partial charge in [0.05, 0.1) is 11.4 Å². The molecule has 2 aromatic rings. The standard InChI is InChI=1S/C18H23N5O4/c1-11-14(22-23(21-11)13-9-7-6-8-10-13)16(25)27-12(2)15(24)19-17(26)20-18(3,4)5/h6-10,12H,1-5H3,(H2,19,20,24,26)/t12-/m1/s1. The number of carbonyl (C=O) groups is 3. The number of esters is 1. The largest absolute Gasteiger partial charge is 0.448 e. The van der Waals surface area contributed by atoms with Gasteiger partial charge in [-0.15, -0.1) is 5.10 Å².